The van der Waals surface area contributed by atoms with Crippen molar-refractivity contribution in [3.63, 3.8) is 0 Å². The average molecular weight is 415 g/mol. The molecule has 10 heteroatoms. The van der Waals surface area contributed by atoms with Crippen LogP contribution in [0.15, 0.2) is 24.3 Å². The highest BCUT2D eigenvalue weighted by atomic mass is 32.2. The molecular weight excluding hydrogens is 387 g/mol. The lowest BCUT2D eigenvalue weighted by molar-refractivity contribution is -0.124. The Hall–Kier alpha value is -1.59. The molecule has 2 aliphatic rings. The molecule has 0 bridgehead atoms. The van der Waals surface area contributed by atoms with Gasteiger partial charge in [0.05, 0.1) is 12.2 Å². The molecule has 156 valence electrons. The van der Waals surface area contributed by atoms with Gasteiger partial charge < -0.3 is 10.5 Å². The number of benzene rings is 1. The number of piperazine rings is 1. The van der Waals surface area contributed by atoms with Crippen molar-refractivity contribution >= 4 is 16.1 Å². The van der Waals surface area contributed by atoms with Crippen LogP contribution in [0.25, 0.3) is 0 Å². The predicted octanol–water partition coefficient (Wildman–Crippen LogP) is 0.324. The summed E-state index contributed by atoms with van der Waals surface area (Å²) in [7, 11) is -3.60. The molecule has 0 radical (unpaired) electrons. The second-order valence-corrected chi connectivity index (χ2v) is 9.30. The first-order valence-electron chi connectivity index (χ1n) is 9.38. The molecule has 8 nitrogen and oxygen atoms in total. The number of morpholine rings is 1. The lowest BCUT2D eigenvalue weighted by atomic mass is 10.0. The van der Waals surface area contributed by atoms with Crippen LogP contribution < -0.4 is 5.73 Å². The summed E-state index contributed by atoms with van der Waals surface area (Å²) in [5.74, 6) is -0.935. The highest BCUT2D eigenvalue weighted by Gasteiger charge is 2.38. The summed E-state index contributed by atoms with van der Waals surface area (Å²) < 4.78 is 47.7. The number of carbonyl (C=O) groups excluding carboxylic acids is 1. The molecular formula is C18H27FN4O4S. The molecule has 2 aliphatic heterocycles. The van der Waals surface area contributed by atoms with E-state index in [0.717, 1.165) is 0 Å². The van der Waals surface area contributed by atoms with E-state index in [1.165, 1.54) is 32.9 Å². The van der Waals surface area contributed by atoms with Crippen LogP contribution in [0.2, 0.25) is 0 Å². The molecule has 1 aromatic carbocycles. The van der Waals surface area contributed by atoms with E-state index in [1.54, 1.807) is 0 Å². The smallest absolute Gasteiger partial charge is 0.282 e. The van der Waals surface area contributed by atoms with Gasteiger partial charge in [-0.15, -0.1) is 0 Å². The summed E-state index contributed by atoms with van der Waals surface area (Å²) >= 11 is 0. The molecule has 0 aromatic heterocycles. The molecule has 2 saturated heterocycles. The van der Waals surface area contributed by atoms with Crippen LogP contribution in [0, 0.1) is 5.82 Å². The number of ether oxygens (including phenoxy) is 1. The highest BCUT2D eigenvalue weighted by molar-refractivity contribution is 7.86. The van der Waals surface area contributed by atoms with Crippen molar-refractivity contribution in [1.29, 1.82) is 0 Å². The van der Waals surface area contributed by atoms with Gasteiger partial charge in [0.15, 0.2) is 0 Å². The number of carbonyl (C=O) groups is 1. The topological polar surface area (TPSA) is 96.2 Å². The molecule has 0 spiro atoms. The fourth-order valence-electron chi connectivity index (χ4n) is 3.87. The Labute approximate surface area is 165 Å². The second kappa shape index (κ2) is 8.42. The van der Waals surface area contributed by atoms with Crippen molar-refractivity contribution in [2.24, 2.45) is 5.73 Å². The van der Waals surface area contributed by atoms with Crippen LogP contribution in [0.3, 0.4) is 0 Å². The fourth-order valence-corrected chi connectivity index (χ4v) is 5.62. The van der Waals surface area contributed by atoms with E-state index in [9.17, 15) is 17.6 Å². The van der Waals surface area contributed by atoms with E-state index < -0.39 is 28.0 Å². The first-order chi connectivity index (χ1) is 13.2. The van der Waals surface area contributed by atoms with Gasteiger partial charge in [0.2, 0.25) is 5.91 Å². The molecule has 0 saturated carbocycles. The SMILES string of the molecule is C[C@@H]1CN(S(=O)(=O)N2CCN([C@H](C(N)=O)c3ccc(F)cc3)CC2)C[C@H](C)O1. The molecule has 0 aliphatic carbocycles. The molecule has 28 heavy (non-hydrogen) atoms. The number of hydrogen-bond donors (Lipinski definition) is 1. The van der Waals surface area contributed by atoms with Crippen LogP contribution in [-0.2, 0) is 19.7 Å². The van der Waals surface area contributed by atoms with Crippen molar-refractivity contribution < 1.29 is 22.3 Å². The zero-order chi connectivity index (χ0) is 20.5. The molecule has 0 unspecified atom stereocenters. The van der Waals surface area contributed by atoms with Crippen LogP contribution in [0.1, 0.15) is 25.5 Å². The third-order valence-corrected chi connectivity index (χ3v) is 7.10. The number of hydrogen-bond acceptors (Lipinski definition) is 5. The van der Waals surface area contributed by atoms with E-state index in [4.69, 9.17) is 10.5 Å². The highest BCUT2D eigenvalue weighted by Crippen LogP contribution is 2.25. The van der Waals surface area contributed by atoms with Crippen LogP contribution in [0.5, 0.6) is 0 Å². The lowest BCUT2D eigenvalue weighted by Gasteiger charge is -2.41. The number of rotatable bonds is 5. The first kappa shape index (κ1) is 21.1. The maximum atomic E-state index is 13.2. The Kier molecular flexibility index (Phi) is 6.35. The van der Waals surface area contributed by atoms with Crippen LogP contribution in [-0.4, -0.2) is 79.3 Å². The largest absolute Gasteiger partial charge is 0.373 e. The summed E-state index contributed by atoms with van der Waals surface area (Å²) in [6.45, 7) is 5.60. The zero-order valence-electron chi connectivity index (χ0n) is 16.1. The Bertz CT molecular complexity index is 786. The van der Waals surface area contributed by atoms with Crippen molar-refractivity contribution in [3.8, 4) is 0 Å². The third kappa shape index (κ3) is 4.52. The normalized spacial score (nSPS) is 26.8. The van der Waals surface area contributed by atoms with Gasteiger partial charge in [-0.3, -0.25) is 9.69 Å². The molecule has 2 heterocycles. The van der Waals surface area contributed by atoms with Gasteiger partial charge in [-0.1, -0.05) is 12.1 Å². The number of nitrogens with zero attached hydrogens (tertiary/aromatic N) is 3. The van der Waals surface area contributed by atoms with Gasteiger partial charge >= 0.3 is 0 Å². The monoisotopic (exact) mass is 414 g/mol. The Morgan fingerprint density at radius 1 is 1.07 bits per heavy atom. The van der Waals surface area contributed by atoms with Gasteiger partial charge in [-0.2, -0.15) is 17.0 Å². The van der Waals surface area contributed by atoms with E-state index in [1.807, 2.05) is 18.7 Å². The molecule has 3 atom stereocenters. The quantitative estimate of drug-likeness (QED) is 0.749. The number of nitrogens with two attached hydrogens (primary N) is 1. The minimum Gasteiger partial charge on any atom is -0.373 e. The Morgan fingerprint density at radius 3 is 2.11 bits per heavy atom. The van der Waals surface area contributed by atoms with Gasteiger partial charge in [0.25, 0.3) is 10.2 Å². The van der Waals surface area contributed by atoms with Crippen molar-refractivity contribution in [2.75, 3.05) is 39.3 Å². The molecule has 2 fully saturated rings. The van der Waals surface area contributed by atoms with Crippen molar-refractivity contribution in [2.45, 2.75) is 32.1 Å². The fraction of sp³-hybridized carbons (Fsp3) is 0.611. The van der Waals surface area contributed by atoms with Crippen LogP contribution in [0.4, 0.5) is 4.39 Å². The van der Waals surface area contributed by atoms with Gasteiger partial charge in [-0.05, 0) is 31.5 Å². The number of primary amides is 1. The summed E-state index contributed by atoms with van der Waals surface area (Å²) in [6.07, 6.45) is -0.310. The maximum absolute atomic E-state index is 13.2. The maximum Gasteiger partial charge on any atom is 0.282 e. The minimum atomic E-state index is -3.60. The number of amides is 1. The van der Waals surface area contributed by atoms with Crippen molar-refractivity contribution in [1.82, 2.24) is 13.5 Å². The predicted molar refractivity (Wildman–Crippen MR) is 102 cm³/mol. The van der Waals surface area contributed by atoms with E-state index in [2.05, 4.69) is 0 Å². The van der Waals surface area contributed by atoms with E-state index in [-0.39, 0.29) is 25.3 Å². The summed E-state index contributed by atoms with van der Waals surface area (Å²) in [5, 5.41) is 0. The van der Waals surface area contributed by atoms with Gasteiger partial charge in [0.1, 0.15) is 11.9 Å². The molecule has 3 rings (SSSR count). The van der Waals surface area contributed by atoms with E-state index in [0.29, 0.717) is 31.7 Å². The Balaban J connectivity index is 1.68. The average Bonchev–Trinajstić information content (AvgIpc) is 2.63. The van der Waals surface area contributed by atoms with E-state index >= 15 is 0 Å². The van der Waals surface area contributed by atoms with Gasteiger partial charge in [-0.25, -0.2) is 4.39 Å². The minimum absolute atomic E-state index is 0.155. The van der Waals surface area contributed by atoms with Crippen LogP contribution >= 0.6 is 0 Å². The molecule has 2 N–H and O–H groups in total. The summed E-state index contributed by atoms with van der Waals surface area (Å²) in [5.41, 5.74) is 6.18. The standard InChI is InChI=1S/C18H27FN4O4S/c1-13-11-23(12-14(2)27-13)28(25,26)22-9-7-21(8-10-22)17(18(20)24)15-3-5-16(19)6-4-15/h3-6,13-14,17H,7-12H2,1-2H3,(H2,20,24)/t13-,14+,17-/m0/s1. The first-order valence-corrected chi connectivity index (χ1v) is 10.8. The van der Waals surface area contributed by atoms with Crippen molar-refractivity contribution in [3.05, 3.63) is 35.6 Å². The second-order valence-electron chi connectivity index (χ2n) is 7.37. The summed E-state index contributed by atoms with van der Waals surface area (Å²) in [6, 6.07) is 4.92. The third-order valence-electron chi connectivity index (χ3n) is 5.13. The van der Waals surface area contributed by atoms with Gasteiger partial charge in [0, 0.05) is 39.3 Å². The number of halogens is 1. The zero-order valence-corrected chi connectivity index (χ0v) is 16.9. The summed E-state index contributed by atoms with van der Waals surface area (Å²) in [4.78, 5) is 13.9. The molecule has 1 aromatic rings. The Morgan fingerprint density at radius 2 is 1.61 bits per heavy atom. The molecule has 1 amide bonds. The lowest BCUT2D eigenvalue weighted by Crippen LogP contribution is -2.58.